The van der Waals surface area contributed by atoms with Gasteiger partial charge in [-0.15, -0.1) is 0 Å². The van der Waals surface area contributed by atoms with Crippen LogP contribution >= 0.6 is 15.9 Å². The highest BCUT2D eigenvalue weighted by molar-refractivity contribution is 9.10. The molecule has 2 aromatic heterocycles. The molecule has 0 atom stereocenters. The number of rotatable bonds is 5. The molecule has 0 unspecified atom stereocenters. The maximum atomic E-state index is 5.93. The molecule has 4 nitrogen and oxygen atoms in total. The van der Waals surface area contributed by atoms with E-state index >= 15 is 0 Å². The zero-order valence-corrected chi connectivity index (χ0v) is 14.3. The summed E-state index contributed by atoms with van der Waals surface area (Å²) >= 11 is 3.55. The van der Waals surface area contributed by atoms with Crippen LogP contribution in [0.25, 0.3) is 0 Å². The second kappa shape index (κ2) is 6.14. The lowest BCUT2D eigenvalue weighted by Gasteiger charge is -2.06. The van der Waals surface area contributed by atoms with Crippen LogP contribution in [0.1, 0.15) is 42.3 Å². The number of aryl methyl sites for hydroxylation is 2. The van der Waals surface area contributed by atoms with Gasteiger partial charge in [-0.05, 0) is 48.3 Å². The normalized spacial score (nSPS) is 11.6. The van der Waals surface area contributed by atoms with Gasteiger partial charge in [-0.25, -0.2) is 0 Å². The van der Waals surface area contributed by atoms with Crippen LogP contribution in [-0.4, -0.2) is 15.8 Å². The summed E-state index contributed by atoms with van der Waals surface area (Å²) in [5.41, 5.74) is 3.32. The van der Waals surface area contributed by atoms with Crippen molar-refractivity contribution in [1.82, 2.24) is 15.1 Å². The fourth-order valence-electron chi connectivity index (χ4n) is 2.12. The zero-order valence-electron chi connectivity index (χ0n) is 12.7. The highest BCUT2D eigenvalue weighted by Crippen LogP contribution is 2.22. The van der Waals surface area contributed by atoms with Crippen LogP contribution in [0, 0.1) is 20.8 Å². The minimum Gasteiger partial charge on any atom is -0.462 e. The standard InChI is InChI=1S/C15H22BrN3O/c1-9(2)17-7-14-10(3)6-13(20-14)8-19-12(5)15(16)11(4)18-19/h6,9,17H,7-8H2,1-5H3. The second-order valence-electron chi connectivity index (χ2n) is 5.50. The maximum absolute atomic E-state index is 5.93. The summed E-state index contributed by atoms with van der Waals surface area (Å²) in [5.74, 6) is 1.95. The average molecular weight is 340 g/mol. The lowest BCUT2D eigenvalue weighted by atomic mass is 10.2. The van der Waals surface area contributed by atoms with Gasteiger partial charge < -0.3 is 9.73 Å². The van der Waals surface area contributed by atoms with Crippen molar-refractivity contribution >= 4 is 15.9 Å². The summed E-state index contributed by atoms with van der Waals surface area (Å²) in [6, 6.07) is 2.55. The molecule has 5 heteroatoms. The predicted octanol–water partition coefficient (Wildman–Crippen LogP) is 3.71. The van der Waals surface area contributed by atoms with E-state index in [4.69, 9.17) is 4.42 Å². The number of aromatic nitrogens is 2. The molecule has 0 saturated carbocycles. The molecule has 0 aliphatic rings. The van der Waals surface area contributed by atoms with Crippen LogP contribution in [0.3, 0.4) is 0 Å². The molecule has 0 amide bonds. The minimum atomic E-state index is 0.454. The molecule has 2 aromatic rings. The molecule has 1 N–H and O–H groups in total. The van der Waals surface area contributed by atoms with Gasteiger partial charge in [0.05, 0.1) is 29.0 Å². The SMILES string of the molecule is Cc1cc(Cn2nc(C)c(Br)c2C)oc1CNC(C)C. The van der Waals surface area contributed by atoms with Crippen LogP contribution in [0.4, 0.5) is 0 Å². The lowest BCUT2D eigenvalue weighted by molar-refractivity contribution is 0.418. The Hall–Kier alpha value is -1.07. The molecule has 0 spiro atoms. The molecule has 0 aliphatic carbocycles. The molecule has 2 heterocycles. The second-order valence-corrected chi connectivity index (χ2v) is 6.29. The van der Waals surface area contributed by atoms with E-state index in [1.54, 1.807) is 0 Å². The number of nitrogens with zero attached hydrogens (tertiary/aromatic N) is 2. The molecular formula is C15H22BrN3O. The summed E-state index contributed by atoms with van der Waals surface area (Å²) in [4.78, 5) is 0. The first-order chi connectivity index (χ1) is 9.38. The maximum Gasteiger partial charge on any atom is 0.126 e. The van der Waals surface area contributed by atoms with Crippen molar-refractivity contribution in [2.24, 2.45) is 0 Å². The van der Waals surface area contributed by atoms with Crippen molar-refractivity contribution < 1.29 is 4.42 Å². The number of hydrogen-bond acceptors (Lipinski definition) is 3. The molecule has 20 heavy (non-hydrogen) atoms. The van der Waals surface area contributed by atoms with Crippen molar-refractivity contribution in [3.63, 3.8) is 0 Å². The highest BCUT2D eigenvalue weighted by atomic mass is 79.9. The van der Waals surface area contributed by atoms with Gasteiger partial charge >= 0.3 is 0 Å². The van der Waals surface area contributed by atoms with Gasteiger partial charge in [0, 0.05) is 6.04 Å². The average Bonchev–Trinajstić information content (AvgIpc) is 2.83. The molecular weight excluding hydrogens is 318 g/mol. The quantitative estimate of drug-likeness (QED) is 0.902. The summed E-state index contributed by atoms with van der Waals surface area (Å²) in [5, 5.41) is 7.89. The first kappa shape index (κ1) is 15.3. The fourth-order valence-corrected chi connectivity index (χ4v) is 2.40. The number of nitrogens with one attached hydrogen (secondary N) is 1. The Labute approximate surface area is 128 Å². The Kier molecular flexibility index (Phi) is 4.70. The number of halogens is 1. The van der Waals surface area contributed by atoms with Crippen LogP contribution in [0.5, 0.6) is 0 Å². The molecule has 0 aliphatic heterocycles. The number of furan rings is 1. The van der Waals surface area contributed by atoms with Crippen LogP contribution < -0.4 is 5.32 Å². The topological polar surface area (TPSA) is 43.0 Å². The van der Waals surface area contributed by atoms with E-state index in [9.17, 15) is 0 Å². The van der Waals surface area contributed by atoms with Gasteiger partial charge in [-0.3, -0.25) is 4.68 Å². The van der Waals surface area contributed by atoms with E-state index in [1.165, 1.54) is 5.56 Å². The van der Waals surface area contributed by atoms with Gasteiger partial charge in [-0.2, -0.15) is 5.10 Å². The summed E-state index contributed by atoms with van der Waals surface area (Å²) in [6.45, 7) is 11.8. The Balaban J connectivity index is 2.14. The smallest absolute Gasteiger partial charge is 0.126 e. The van der Waals surface area contributed by atoms with Crippen molar-refractivity contribution in [3.05, 3.63) is 39.0 Å². The summed E-state index contributed by atoms with van der Waals surface area (Å²) in [7, 11) is 0. The Morgan fingerprint density at radius 1 is 1.35 bits per heavy atom. The summed E-state index contributed by atoms with van der Waals surface area (Å²) < 4.78 is 8.98. The van der Waals surface area contributed by atoms with E-state index in [2.05, 4.69) is 60.1 Å². The fraction of sp³-hybridized carbons (Fsp3) is 0.533. The molecule has 2 rings (SSSR count). The van der Waals surface area contributed by atoms with Gasteiger partial charge in [0.1, 0.15) is 11.5 Å². The largest absolute Gasteiger partial charge is 0.462 e. The monoisotopic (exact) mass is 339 g/mol. The molecule has 0 bridgehead atoms. The van der Waals surface area contributed by atoms with Crippen molar-refractivity contribution in [2.75, 3.05) is 0 Å². The minimum absolute atomic E-state index is 0.454. The van der Waals surface area contributed by atoms with Gasteiger partial charge in [-0.1, -0.05) is 13.8 Å². The number of hydrogen-bond donors (Lipinski definition) is 1. The van der Waals surface area contributed by atoms with Crippen molar-refractivity contribution in [2.45, 2.75) is 53.8 Å². The highest BCUT2D eigenvalue weighted by Gasteiger charge is 2.13. The molecule has 0 saturated heterocycles. The molecule has 0 fully saturated rings. The predicted molar refractivity (Wildman–Crippen MR) is 83.9 cm³/mol. The Morgan fingerprint density at radius 2 is 2.05 bits per heavy atom. The van der Waals surface area contributed by atoms with Crippen molar-refractivity contribution in [1.29, 1.82) is 0 Å². The Morgan fingerprint density at radius 3 is 2.60 bits per heavy atom. The third-order valence-corrected chi connectivity index (χ3v) is 4.49. The van der Waals surface area contributed by atoms with Crippen LogP contribution in [-0.2, 0) is 13.1 Å². The van der Waals surface area contributed by atoms with Gasteiger partial charge in [0.15, 0.2) is 0 Å². The summed E-state index contributed by atoms with van der Waals surface area (Å²) in [6.07, 6.45) is 0. The van der Waals surface area contributed by atoms with Crippen molar-refractivity contribution in [3.8, 4) is 0 Å². The van der Waals surface area contributed by atoms with E-state index in [0.29, 0.717) is 12.6 Å². The third kappa shape index (κ3) is 3.33. The van der Waals surface area contributed by atoms with Gasteiger partial charge in [0.25, 0.3) is 0 Å². The molecule has 0 radical (unpaired) electrons. The molecule has 0 aromatic carbocycles. The molecule has 110 valence electrons. The Bertz CT molecular complexity index is 599. The third-order valence-electron chi connectivity index (χ3n) is 3.34. The van der Waals surface area contributed by atoms with E-state index in [1.807, 2.05) is 11.6 Å². The van der Waals surface area contributed by atoms with E-state index in [0.717, 1.165) is 33.9 Å². The van der Waals surface area contributed by atoms with Crippen LogP contribution in [0.2, 0.25) is 0 Å². The lowest BCUT2D eigenvalue weighted by Crippen LogP contribution is -2.21. The van der Waals surface area contributed by atoms with Gasteiger partial charge in [0.2, 0.25) is 0 Å². The van der Waals surface area contributed by atoms with Crippen LogP contribution in [0.15, 0.2) is 15.0 Å². The zero-order chi connectivity index (χ0) is 14.9. The van der Waals surface area contributed by atoms with E-state index in [-0.39, 0.29) is 0 Å². The van der Waals surface area contributed by atoms with E-state index < -0.39 is 0 Å². The first-order valence-electron chi connectivity index (χ1n) is 6.89. The first-order valence-corrected chi connectivity index (χ1v) is 7.69.